The van der Waals surface area contributed by atoms with Gasteiger partial charge in [0, 0.05) is 0 Å². The van der Waals surface area contributed by atoms with Crippen molar-refractivity contribution in [3.05, 3.63) is 46.7 Å². The summed E-state index contributed by atoms with van der Waals surface area (Å²) < 4.78 is 11.6. The van der Waals surface area contributed by atoms with Crippen molar-refractivity contribution in [2.45, 2.75) is 19.5 Å². The third kappa shape index (κ3) is 2.52. The summed E-state index contributed by atoms with van der Waals surface area (Å²) >= 11 is 3.41. The highest BCUT2D eigenvalue weighted by molar-refractivity contribution is 9.10. The van der Waals surface area contributed by atoms with E-state index >= 15 is 0 Å². The molecule has 1 atom stereocenters. The zero-order valence-corrected chi connectivity index (χ0v) is 9.95. The molecule has 0 aliphatic heterocycles. The summed E-state index contributed by atoms with van der Waals surface area (Å²) in [5.74, 6) is 1.83. The molecule has 3 nitrogen and oxygen atoms in total. The van der Waals surface area contributed by atoms with Gasteiger partial charge in [0.15, 0.2) is 0 Å². The molecule has 0 saturated heterocycles. The molecular formula is C11H12BrNO2. The quantitative estimate of drug-likeness (QED) is 0.924. The van der Waals surface area contributed by atoms with Crippen molar-refractivity contribution in [2.24, 2.45) is 0 Å². The van der Waals surface area contributed by atoms with E-state index in [-0.39, 0.29) is 6.04 Å². The van der Waals surface area contributed by atoms with Crippen molar-refractivity contribution in [1.82, 2.24) is 5.32 Å². The third-order valence-corrected chi connectivity index (χ3v) is 2.94. The minimum Gasteiger partial charge on any atom is -0.468 e. The van der Waals surface area contributed by atoms with E-state index in [9.17, 15) is 0 Å². The zero-order chi connectivity index (χ0) is 10.7. The summed E-state index contributed by atoms with van der Waals surface area (Å²) in [6.07, 6.45) is 3.34. The Morgan fingerprint density at radius 3 is 2.80 bits per heavy atom. The average Bonchev–Trinajstić information content (AvgIpc) is 2.85. The van der Waals surface area contributed by atoms with Gasteiger partial charge < -0.3 is 14.2 Å². The van der Waals surface area contributed by atoms with Crippen molar-refractivity contribution in [3.8, 4) is 0 Å². The predicted octanol–water partition coefficient (Wildman–Crippen LogP) is 3.49. The second-order valence-electron chi connectivity index (χ2n) is 3.31. The lowest BCUT2D eigenvalue weighted by molar-refractivity contribution is 0.406. The Labute approximate surface area is 96.6 Å². The topological polar surface area (TPSA) is 38.3 Å². The molecule has 0 aromatic carbocycles. The highest BCUT2D eigenvalue weighted by Crippen LogP contribution is 2.19. The highest BCUT2D eigenvalue weighted by atomic mass is 79.9. The maximum atomic E-state index is 5.29. The lowest BCUT2D eigenvalue weighted by atomic mass is 10.2. The molecule has 0 amide bonds. The molecule has 0 aliphatic rings. The zero-order valence-electron chi connectivity index (χ0n) is 8.37. The van der Waals surface area contributed by atoms with Crippen LogP contribution in [0.25, 0.3) is 0 Å². The fourth-order valence-corrected chi connectivity index (χ4v) is 1.68. The largest absolute Gasteiger partial charge is 0.468 e. The van der Waals surface area contributed by atoms with Crippen LogP contribution in [0, 0.1) is 0 Å². The maximum absolute atomic E-state index is 5.29. The molecule has 1 N–H and O–H groups in total. The number of nitrogens with one attached hydrogen (secondary N) is 1. The van der Waals surface area contributed by atoms with Crippen LogP contribution in [0.15, 0.2) is 44.0 Å². The average molecular weight is 270 g/mol. The van der Waals surface area contributed by atoms with Crippen LogP contribution in [-0.4, -0.2) is 0 Å². The van der Waals surface area contributed by atoms with E-state index in [4.69, 9.17) is 8.83 Å². The first-order chi connectivity index (χ1) is 7.27. The number of furan rings is 2. The molecule has 0 fully saturated rings. The van der Waals surface area contributed by atoms with Gasteiger partial charge in [-0.1, -0.05) is 0 Å². The molecule has 0 bridgehead atoms. The first-order valence-corrected chi connectivity index (χ1v) is 5.55. The first kappa shape index (κ1) is 10.5. The third-order valence-electron chi connectivity index (χ3n) is 2.23. The van der Waals surface area contributed by atoms with E-state index in [1.807, 2.05) is 18.2 Å². The van der Waals surface area contributed by atoms with Crippen LogP contribution >= 0.6 is 15.9 Å². The molecule has 0 aliphatic carbocycles. The van der Waals surface area contributed by atoms with Crippen molar-refractivity contribution in [1.29, 1.82) is 0 Å². The molecule has 2 aromatic rings. The lowest BCUT2D eigenvalue weighted by Crippen LogP contribution is -2.17. The summed E-state index contributed by atoms with van der Waals surface area (Å²) in [5.41, 5.74) is 0. The monoisotopic (exact) mass is 269 g/mol. The minimum atomic E-state index is 0.178. The van der Waals surface area contributed by atoms with E-state index in [0.29, 0.717) is 6.54 Å². The molecule has 4 heteroatoms. The van der Waals surface area contributed by atoms with Gasteiger partial charge >= 0.3 is 0 Å². The molecule has 0 radical (unpaired) electrons. The molecule has 0 spiro atoms. The molecule has 0 saturated carbocycles. The van der Waals surface area contributed by atoms with Crippen molar-refractivity contribution in [3.63, 3.8) is 0 Å². The van der Waals surface area contributed by atoms with Crippen LogP contribution in [0.4, 0.5) is 0 Å². The van der Waals surface area contributed by atoms with E-state index in [2.05, 4.69) is 28.2 Å². The summed E-state index contributed by atoms with van der Waals surface area (Å²) in [7, 11) is 0. The van der Waals surface area contributed by atoms with Crippen molar-refractivity contribution in [2.75, 3.05) is 0 Å². The molecule has 0 unspecified atom stereocenters. The second kappa shape index (κ2) is 4.68. The Balaban J connectivity index is 1.91. The molecule has 15 heavy (non-hydrogen) atoms. The van der Waals surface area contributed by atoms with Gasteiger partial charge in [-0.25, -0.2) is 0 Å². The maximum Gasteiger partial charge on any atom is 0.131 e. The number of halogens is 1. The molecule has 2 heterocycles. The summed E-state index contributed by atoms with van der Waals surface area (Å²) in [5, 5.41) is 3.31. The fraction of sp³-hybridized carbons (Fsp3) is 0.273. The molecule has 80 valence electrons. The van der Waals surface area contributed by atoms with Gasteiger partial charge in [-0.3, -0.25) is 0 Å². The van der Waals surface area contributed by atoms with E-state index < -0.39 is 0 Å². The predicted molar refractivity (Wildman–Crippen MR) is 60.4 cm³/mol. The second-order valence-corrected chi connectivity index (χ2v) is 4.16. The Bertz CT molecular complexity index is 408. The van der Waals surface area contributed by atoms with E-state index in [1.54, 1.807) is 12.5 Å². The van der Waals surface area contributed by atoms with Gasteiger partial charge in [0.2, 0.25) is 0 Å². The smallest absolute Gasteiger partial charge is 0.131 e. The first-order valence-electron chi connectivity index (χ1n) is 4.76. The standard InChI is InChI=1S/C11H12BrNO2/c1-8(10-3-2-5-14-10)13-7-11-9(12)4-6-15-11/h2-6,8,13H,7H2,1H3/t8-/m1/s1. The van der Waals surface area contributed by atoms with Crippen molar-refractivity contribution < 1.29 is 8.83 Å². The van der Waals surface area contributed by atoms with Gasteiger partial charge in [-0.05, 0) is 41.1 Å². The Kier molecular flexibility index (Phi) is 3.28. The summed E-state index contributed by atoms with van der Waals surface area (Å²) in [6, 6.07) is 5.90. The van der Waals surface area contributed by atoms with E-state index in [0.717, 1.165) is 16.0 Å². The Morgan fingerprint density at radius 1 is 1.33 bits per heavy atom. The van der Waals surface area contributed by atoms with Gasteiger partial charge in [0.25, 0.3) is 0 Å². The van der Waals surface area contributed by atoms with Crippen LogP contribution in [0.3, 0.4) is 0 Å². The van der Waals surface area contributed by atoms with Gasteiger partial charge in [-0.2, -0.15) is 0 Å². The highest BCUT2D eigenvalue weighted by Gasteiger charge is 2.09. The normalized spacial score (nSPS) is 12.9. The van der Waals surface area contributed by atoms with Crippen LogP contribution < -0.4 is 5.32 Å². The van der Waals surface area contributed by atoms with Gasteiger partial charge in [-0.15, -0.1) is 0 Å². The number of rotatable bonds is 4. The number of hydrogen-bond donors (Lipinski definition) is 1. The lowest BCUT2D eigenvalue weighted by Gasteiger charge is -2.09. The van der Waals surface area contributed by atoms with Gasteiger partial charge in [0.05, 0.1) is 29.6 Å². The van der Waals surface area contributed by atoms with E-state index in [1.165, 1.54) is 0 Å². The Morgan fingerprint density at radius 2 is 2.20 bits per heavy atom. The molecule has 2 rings (SSSR count). The SMILES string of the molecule is C[C@@H](NCc1occc1Br)c1ccco1. The van der Waals surface area contributed by atoms with Crippen LogP contribution in [0.1, 0.15) is 24.5 Å². The fourth-order valence-electron chi connectivity index (χ4n) is 1.34. The summed E-state index contributed by atoms with van der Waals surface area (Å²) in [4.78, 5) is 0. The molecular weight excluding hydrogens is 258 g/mol. The van der Waals surface area contributed by atoms with Crippen molar-refractivity contribution >= 4 is 15.9 Å². The number of hydrogen-bond acceptors (Lipinski definition) is 3. The van der Waals surface area contributed by atoms with Gasteiger partial charge in [0.1, 0.15) is 11.5 Å². The summed E-state index contributed by atoms with van der Waals surface area (Å²) in [6.45, 7) is 2.73. The molecule has 2 aromatic heterocycles. The van der Waals surface area contributed by atoms with Crippen LogP contribution in [-0.2, 0) is 6.54 Å². The van der Waals surface area contributed by atoms with Crippen LogP contribution in [0.2, 0.25) is 0 Å². The Hall–Kier alpha value is -1.00. The minimum absolute atomic E-state index is 0.178. The van der Waals surface area contributed by atoms with Crippen LogP contribution in [0.5, 0.6) is 0 Å².